The van der Waals surface area contributed by atoms with Gasteiger partial charge in [0.05, 0.1) is 23.2 Å². The van der Waals surface area contributed by atoms with E-state index in [1.165, 1.54) is 6.92 Å². The second kappa shape index (κ2) is 12.2. The third-order valence-electron chi connectivity index (χ3n) is 4.82. The molecule has 0 aliphatic rings. The molecule has 4 rings (SSSR count). The van der Waals surface area contributed by atoms with Crippen molar-refractivity contribution < 1.29 is 14.3 Å². The highest BCUT2D eigenvalue weighted by molar-refractivity contribution is 5.95. The number of hydrogen-bond donors (Lipinski definition) is 2. The SMILES string of the molecule is CCOc1cccc2ncnc(Nc3ccc(OCc4ccccn4)c(C)c3)c12.CNC(C)=O. The number of anilines is 2. The predicted molar refractivity (Wildman–Crippen MR) is 133 cm³/mol. The Morgan fingerprint density at radius 1 is 0.971 bits per heavy atom. The van der Waals surface area contributed by atoms with Crippen LogP contribution < -0.4 is 20.1 Å². The van der Waals surface area contributed by atoms with Gasteiger partial charge in [-0.3, -0.25) is 9.78 Å². The summed E-state index contributed by atoms with van der Waals surface area (Å²) in [7, 11) is 1.60. The second-order valence-electron chi connectivity index (χ2n) is 7.33. The summed E-state index contributed by atoms with van der Waals surface area (Å²) in [6.07, 6.45) is 3.32. The highest BCUT2D eigenvalue weighted by Crippen LogP contribution is 2.32. The molecule has 0 aliphatic heterocycles. The molecular weight excluding hydrogens is 430 g/mol. The van der Waals surface area contributed by atoms with Crippen molar-refractivity contribution in [2.24, 2.45) is 0 Å². The first kappa shape index (κ1) is 24.4. The van der Waals surface area contributed by atoms with Crippen molar-refractivity contribution >= 4 is 28.3 Å². The minimum atomic E-state index is 0.00463. The summed E-state index contributed by atoms with van der Waals surface area (Å²) in [4.78, 5) is 22.8. The molecule has 0 spiro atoms. The van der Waals surface area contributed by atoms with Gasteiger partial charge in [-0.2, -0.15) is 0 Å². The summed E-state index contributed by atoms with van der Waals surface area (Å²) in [6.45, 7) is 6.46. The van der Waals surface area contributed by atoms with Crippen molar-refractivity contribution in [3.8, 4) is 11.5 Å². The van der Waals surface area contributed by atoms with Gasteiger partial charge in [-0.1, -0.05) is 12.1 Å². The van der Waals surface area contributed by atoms with Gasteiger partial charge in [0.1, 0.15) is 30.3 Å². The van der Waals surface area contributed by atoms with E-state index in [9.17, 15) is 4.79 Å². The fourth-order valence-electron chi connectivity index (χ4n) is 3.11. The van der Waals surface area contributed by atoms with Crippen LogP contribution in [0.15, 0.2) is 67.1 Å². The lowest BCUT2D eigenvalue weighted by molar-refractivity contribution is -0.118. The van der Waals surface area contributed by atoms with Crippen molar-refractivity contribution in [3.63, 3.8) is 0 Å². The van der Waals surface area contributed by atoms with Crippen LogP contribution in [0.4, 0.5) is 11.5 Å². The van der Waals surface area contributed by atoms with Crippen LogP contribution in [-0.4, -0.2) is 34.5 Å². The molecule has 2 aromatic heterocycles. The molecule has 0 bridgehead atoms. The Hall–Kier alpha value is -4.20. The van der Waals surface area contributed by atoms with Gasteiger partial charge >= 0.3 is 0 Å². The number of hydrogen-bond acceptors (Lipinski definition) is 7. The summed E-state index contributed by atoms with van der Waals surface area (Å²) in [6, 6.07) is 17.6. The lowest BCUT2D eigenvalue weighted by Gasteiger charge is -2.14. The van der Waals surface area contributed by atoms with Crippen LogP contribution in [0.2, 0.25) is 0 Å². The van der Waals surface area contributed by atoms with Gasteiger partial charge in [0.25, 0.3) is 0 Å². The van der Waals surface area contributed by atoms with Crippen LogP contribution in [0.5, 0.6) is 11.5 Å². The van der Waals surface area contributed by atoms with Crippen molar-refractivity contribution in [1.29, 1.82) is 0 Å². The van der Waals surface area contributed by atoms with E-state index in [1.807, 2.05) is 68.4 Å². The van der Waals surface area contributed by atoms with Crippen molar-refractivity contribution in [2.75, 3.05) is 19.0 Å². The van der Waals surface area contributed by atoms with Crippen LogP contribution in [-0.2, 0) is 11.4 Å². The monoisotopic (exact) mass is 459 g/mol. The maximum atomic E-state index is 9.70. The molecule has 0 saturated carbocycles. The largest absolute Gasteiger partial charge is 0.493 e. The molecule has 0 unspecified atom stereocenters. The number of aryl methyl sites for hydroxylation is 1. The van der Waals surface area contributed by atoms with E-state index in [1.54, 1.807) is 19.6 Å². The summed E-state index contributed by atoms with van der Waals surface area (Å²) in [5, 5.41) is 6.64. The number of amides is 1. The normalized spacial score (nSPS) is 10.1. The van der Waals surface area contributed by atoms with Gasteiger partial charge in [-0.25, -0.2) is 9.97 Å². The Morgan fingerprint density at radius 2 is 1.79 bits per heavy atom. The molecule has 34 heavy (non-hydrogen) atoms. The Kier molecular flexibility index (Phi) is 8.73. The number of ether oxygens (including phenoxy) is 2. The molecule has 0 atom stereocenters. The lowest BCUT2D eigenvalue weighted by atomic mass is 10.1. The number of nitrogens with one attached hydrogen (secondary N) is 2. The van der Waals surface area contributed by atoms with Crippen LogP contribution in [0.25, 0.3) is 10.9 Å². The molecule has 8 nitrogen and oxygen atoms in total. The molecule has 0 aliphatic carbocycles. The smallest absolute Gasteiger partial charge is 0.216 e. The minimum Gasteiger partial charge on any atom is -0.493 e. The minimum absolute atomic E-state index is 0.00463. The first-order valence-corrected chi connectivity index (χ1v) is 11.0. The van der Waals surface area contributed by atoms with E-state index in [2.05, 4.69) is 25.6 Å². The molecule has 1 amide bonds. The van der Waals surface area contributed by atoms with Gasteiger partial charge in [0.2, 0.25) is 5.91 Å². The first-order valence-electron chi connectivity index (χ1n) is 11.0. The maximum Gasteiger partial charge on any atom is 0.216 e. The summed E-state index contributed by atoms with van der Waals surface area (Å²) >= 11 is 0. The van der Waals surface area contributed by atoms with Crippen LogP contribution in [0, 0.1) is 6.92 Å². The van der Waals surface area contributed by atoms with Gasteiger partial charge in [-0.05, 0) is 61.9 Å². The maximum absolute atomic E-state index is 9.70. The topological polar surface area (TPSA) is 98.3 Å². The standard InChI is InChI=1S/C23H22N4O2.C3H7NO/c1-3-28-21-9-6-8-19-22(21)23(26-15-25-19)27-17-10-11-20(16(2)13-17)29-14-18-7-4-5-12-24-18;1-3(5)4-2/h4-13,15H,3,14H2,1-2H3,(H,25,26,27);1-2H3,(H,4,5). The molecule has 0 radical (unpaired) electrons. The van der Waals surface area contributed by atoms with E-state index < -0.39 is 0 Å². The number of rotatable bonds is 7. The Labute approximate surface area is 199 Å². The average Bonchev–Trinajstić information content (AvgIpc) is 2.85. The number of nitrogens with zero attached hydrogens (tertiary/aromatic N) is 3. The third-order valence-corrected chi connectivity index (χ3v) is 4.82. The van der Waals surface area contributed by atoms with Crippen LogP contribution in [0.1, 0.15) is 25.1 Å². The number of fused-ring (bicyclic) bond motifs is 1. The van der Waals surface area contributed by atoms with E-state index in [0.717, 1.165) is 39.3 Å². The van der Waals surface area contributed by atoms with Gasteiger partial charge < -0.3 is 20.1 Å². The van der Waals surface area contributed by atoms with Crippen molar-refractivity contribution in [2.45, 2.75) is 27.4 Å². The van der Waals surface area contributed by atoms with E-state index >= 15 is 0 Å². The molecule has 2 N–H and O–H groups in total. The second-order valence-corrected chi connectivity index (χ2v) is 7.33. The number of aromatic nitrogens is 3. The third kappa shape index (κ3) is 6.65. The Balaban J connectivity index is 0.000000588. The molecule has 2 aromatic carbocycles. The zero-order chi connectivity index (χ0) is 24.3. The Bertz CT molecular complexity index is 1230. The number of carbonyl (C=O) groups is 1. The summed E-state index contributed by atoms with van der Waals surface area (Å²) < 4.78 is 11.7. The molecule has 4 aromatic rings. The Morgan fingerprint density at radius 3 is 2.47 bits per heavy atom. The predicted octanol–water partition coefficient (Wildman–Crippen LogP) is 4.81. The highest BCUT2D eigenvalue weighted by Gasteiger charge is 2.11. The van der Waals surface area contributed by atoms with E-state index in [-0.39, 0.29) is 5.91 Å². The zero-order valence-corrected chi connectivity index (χ0v) is 19.8. The number of carbonyl (C=O) groups excluding carboxylic acids is 1. The first-order chi connectivity index (χ1) is 16.5. The number of benzene rings is 2. The molecule has 0 fully saturated rings. The number of pyridine rings is 1. The van der Waals surface area contributed by atoms with Crippen LogP contribution >= 0.6 is 0 Å². The van der Waals surface area contributed by atoms with E-state index in [0.29, 0.717) is 19.0 Å². The molecule has 2 heterocycles. The van der Waals surface area contributed by atoms with Crippen molar-refractivity contribution in [1.82, 2.24) is 20.3 Å². The fourth-order valence-corrected chi connectivity index (χ4v) is 3.11. The highest BCUT2D eigenvalue weighted by atomic mass is 16.5. The fraction of sp³-hybridized carbons (Fsp3) is 0.231. The van der Waals surface area contributed by atoms with Crippen LogP contribution in [0.3, 0.4) is 0 Å². The van der Waals surface area contributed by atoms with Gasteiger partial charge in [-0.15, -0.1) is 0 Å². The summed E-state index contributed by atoms with van der Waals surface area (Å²) in [5.74, 6) is 2.30. The molecule has 0 saturated heterocycles. The lowest BCUT2D eigenvalue weighted by Crippen LogP contribution is -2.11. The van der Waals surface area contributed by atoms with E-state index in [4.69, 9.17) is 9.47 Å². The molecule has 8 heteroatoms. The summed E-state index contributed by atoms with van der Waals surface area (Å²) in [5.41, 5.74) is 3.67. The molecular formula is C26H29N5O3. The van der Waals surface area contributed by atoms with Gasteiger partial charge in [0.15, 0.2) is 0 Å². The van der Waals surface area contributed by atoms with Crippen molar-refractivity contribution in [3.05, 3.63) is 78.4 Å². The average molecular weight is 460 g/mol. The quantitative estimate of drug-likeness (QED) is 0.409. The molecule has 176 valence electrons. The zero-order valence-electron chi connectivity index (χ0n) is 19.8. The van der Waals surface area contributed by atoms with Gasteiger partial charge in [0, 0.05) is 25.9 Å².